The lowest BCUT2D eigenvalue weighted by Gasteiger charge is -2.08. The normalized spacial score (nSPS) is 13.6. The highest BCUT2D eigenvalue weighted by atomic mass is 15.0. The van der Waals surface area contributed by atoms with E-state index in [9.17, 15) is 0 Å². The van der Waals surface area contributed by atoms with Crippen LogP contribution in [0.2, 0.25) is 0 Å². The molecule has 0 aromatic carbocycles. The first-order valence-corrected chi connectivity index (χ1v) is 6.39. The van der Waals surface area contributed by atoms with Gasteiger partial charge in [-0.1, -0.05) is 13.0 Å². The van der Waals surface area contributed by atoms with Crippen molar-refractivity contribution < 1.29 is 0 Å². The third kappa shape index (κ3) is 1.74. The van der Waals surface area contributed by atoms with E-state index in [0.29, 0.717) is 11.6 Å². The van der Waals surface area contributed by atoms with Crippen molar-refractivity contribution in [1.29, 1.82) is 0 Å². The highest BCUT2D eigenvalue weighted by molar-refractivity contribution is 5.59. The number of nitrogens with zero attached hydrogens (tertiary/aromatic N) is 3. The summed E-state index contributed by atoms with van der Waals surface area (Å²) in [6.07, 6.45) is 5.83. The third-order valence-electron chi connectivity index (χ3n) is 3.45. The molecule has 92 valence electrons. The van der Waals surface area contributed by atoms with Crippen molar-refractivity contribution in [3.05, 3.63) is 35.2 Å². The van der Waals surface area contributed by atoms with Crippen LogP contribution in [-0.2, 0) is 19.3 Å². The van der Waals surface area contributed by atoms with Crippen molar-refractivity contribution >= 4 is 5.82 Å². The molecule has 1 aliphatic carbocycles. The van der Waals surface area contributed by atoms with Crippen molar-refractivity contribution in [3.63, 3.8) is 0 Å². The first-order valence-electron chi connectivity index (χ1n) is 6.39. The molecule has 0 radical (unpaired) electrons. The van der Waals surface area contributed by atoms with Gasteiger partial charge >= 0.3 is 0 Å². The number of anilines is 1. The molecule has 2 heterocycles. The largest absolute Gasteiger partial charge is 0.383 e. The second-order valence-corrected chi connectivity index (χ2v) is 4.58. The number of hydrogen-bond acceptors (Lipinski definition) is 4. The first-order chi connectivity index (χ1) is 8.79. The molecular formula is C14H16N4. The van der Waals surface area contributed by atoms with Crippen LogP contribution in [0.15, 0.2) is 18.3 Å². The summed E-state index contributed by atoms with van der Waals surface area (Å²) in [7, 11) is 0. The lowest BCUT2D eigenvalue weighted by Crippen LogP contribution is -2.04. The standard InChI is InChI=1S/C14H16N4/c1-2-9-5-4-8-16-12(9)14-17-11-7-3-6-10(11)13(15)18-14/h4-5,8H,2-3,6-7H2,1H3,(H2,15,17,18). The quantitative estimate of drug-likeness (QED) is 0.873. The van der Waals surface area contributed by atoms with Gasteiger partial charge in [0, 0.05) is 17.5 Å². The lowest BCUT2D eigenvalue weighted by atomic mass is 10.1. The van der Waals surface area contributed by atoms with Crippen molar-refractivity contribution in [2.45, 2.75) is 32.6 Å². The number of fused-ring (bicyclic) bond motifs is 1. The summed E-state index contributed by atoms with van der Waals surface area (Å²) >= 11 is 0. The van der Waals surface area contributed by atoms with Gasteiger partial charge in [-0.2, -0.15) is 0 Å². The molecule has 2 aromatic heterocycles. The molecule has 0 amide bonds. The number of hydrogen-bond donors (Lipinski definition) is 1. The Morgan fingerprint density at radius 3 is 3.00 bits per heavy atom. The summed E-state index contributed by atoms with van der Waals surface area (Å²) < 4.78 is 0. The number of aromatic nitrogens is 3. The third-order valence-corrected chi connectivity index (χ3v) is 3.45. The van der Waals surface area contributed by atoms with Gasteiger partial charge in [0.15, 0.2) is 5.82 Å². The summed E-state index contributed by atoms with van der Waals surface area (Å²) in [5.41, 5.74) is 10.3. The molecule has 1 aliphatic rings. The van der Waals surface area contributed by atoms with Crippen LogP contribution in [-0.4, -0.2) is 15.0 Å². The fraction of sp³-hybridized carbons (Fsp3) is 0.357. The van der Waals surface area contributed by atoms with Crippen LogP contribution in [0.5, 0.6) is 0 Å². The van der Waals surface area contributed by atoms with Crippen LogP contribution in [0.4, 0.5) is 5.82 Å². The minimum atomic E-state index is 0.625. The highest BCUT2D eigenvalue weighted by Crippen LogP contribution is 2.27. The van der Waals surface area contributed by atoms with Crippen LogP contribution in [0.1, 0.15) is 30.2 Å². The maximum Gasteiger partial charge on any atom is 0.180 e. The minimum Gasteiger partial charge on any atom is -0.383 e. The molecule has 0 saturated heterocycles. The predicted octanol–water partition coefficient (Wildman–Crippen LogP) is 2.17. The van der Waals surface area contributed by atoms with Crippen LogP contribution in [0, 0.1) is 0 Å². The number of nitrogens with two attached hydrogens (primary N) is 1. The number of rotatable bonds is 2. The maximum absolute atomic E-state index is 6.02. The second kappa shape index (κ2) is 4.37. The van der Waals surface area contributed by atoms with Gasteiger partial charge in [0.2, 0.25) is 0 Å². The Labute approximate surface area is 106 Å². The molecule has 2 aromatic rings. The molecule has 18 heavy (non-hydrogen) atoms. The molecule has 3 rings (SSSR count). The molecule has 0 fully saturated rings. The zero-order chi connectivity index (χ0) is 12.5. The van der Waals surface area contributed by atoms with Gasteiger partial charge in [-0.05, 0) is 37.3 Å². The molecule has 4 heteroatoms. The van der Waals surface area contributed by atoms with Crippen molar-refractivity contribution in [2.75, 3.05) is 5.73 Å². The van der Waals surface area contributed by atoms with Gasteiger partial charge in [-0.3, -0.25) is 4.98 Å². The summed E-state index contributed by atoms with van der Waals surface area (Å²) in [6.45, 7) is 2.11. The molecule has 0 unspecified atom stereocenters. The number of nitrogen functional groups attached to an aromatic ring is 1. The monoisotopic (exact) mass is 240 g/mol. The van der Waals surface area contributed by atoms with Crippen LogP contribution < -0.4 is 5.73 Å². The Morgan fingerprint density at radius 1 is 1.28 bits per heavy atom. The fourth-order valence-electron chi connectivity index (χ4n) is 2.49. The van der Waals surface area contributed by atoms with Gasteiger partial charge in [-0.25, -0.2) is 9.97 Å². The molecule has 0 atom stereocenters. The molecule has 2 N–H and O–H groups in total. The molecule has 0 aliphatic heterocycles. The topological polar surface area (TPSA) is 64.7 Å². The van der Waals surface area contributed by atoms with Crippen molar-refractivity contribution in [1.82, 2.24) is 15.0 Å². The van der Waals surface area contributed by atoms with E-state index in [-0.39, 0.29) is 0 Å². The predicted molar refractivity (Wildman–Crippen MR) is 71.1 cm³/mol. The Hall–Kier alpha value is -1.97. The van der Waals surface area contributed by atoms with Gasteiger partial charge < -0.3 is 5.73 Å². The minimum absolute atomic E-state index is 0.625. The van der Waals surface area contributed by atoms with E-state index in [4.69, 9.17) is 5.73 Å². The van der Waals surface area contributed by atoms with E-state index >= 15 is 0 Å². The van der Waals surface area contributed by atoms with E-state index in [1.165, 1.54) is 0 Å². The summed E-state index contributed by atoms with van der Waals surface area (Å²) in [4.78, 5) is 13.5. The molecule has 0 bridgehead atoms. The maximum atomic E-state index is 6.02. The fourth-order valence-corrected chi connectivity index (χ4v) is 2.49. The van der Waals surface area contributed by atoms with Crippen LogP contribution >= 0.6 is 0 Å². The van der Waals surface area contributed by atoms with Gasteiger partial charge in [0.25, 0.3) is 0 Å². The highest BCUT2D eigenvalue weighted by Gasteiger charge is 2.19. The first kappa shape index (κ1) is 11.1. The average molecular weight is 240 g/mol. The molecule has 0 saturated carbocycles. The summed E-state index contributed by atoms with van der Waals surface area (Å²) in [5.74, 6) is 1.30. The Bertz CT molecular complexity index is 592. The summed E-state index contributed by atoms with van der Waals surface area (Å²) in [5, 5.41) is 0. The summed E-state index contributed by atoms with van der Waals surface area (Å²) in [6, 6.07) is 4.01. The number of pyridine rings is 1. The van der Waals surface area contributed by atoms with Crippen molar-refractivity contribution in [2.24, 2.45) is 0 Å². The van der Waals surface area contributed by atoms with E-state index in [2.05, 4.69) is 27.9 Å². The van der Waals surface area contributed by atoms with E-state index in [1.54, 1.807) is 6.20 Å². The van der Waals surface area contributed by atoms with E-state index < -0.39 is 0 Å². The van der Waals surface area contributed by atoms with Gasteiger partial charge in [0.05, 0.1) is 0 Å². The zero-order valence-corrected chi connectivity index (χ0v) is 10.5. The average Bonchev–Trinajstić information content (AvgIpc) is 2.87. The van der Waals surface area contributed by atoms with Crippen LogP contribution in [0.3, 0.4) is 0 Å². The van der Waals surface area contributed by atoms with Crippen LogP contribution in [0.25, 0.3) is 11.5 Å². The number of aryl methyl sites for hydroxylation is 2. The zero-order valence-electron chi connectivity index (χ0n) is 10.5. The molecule has 0 spiro atoms. The van der Waals surface area contributed by atoms with Crippen molar-refractivity contribution in [3.8, 4) is 11.5 Å². The smallest absolute Gasteiger partial charge is 0.180 e. The van der Waals surface area contributed by atoms with E-state index in [1.807, 2.05) is 6.07 Å². The molecule has 4 nitrogen and oxygen atoms in total. The Balaban J connectivity index is 2.15. The lowest BCUT2D eigenvalue weighted by molar-refractivity contribution is 0.899. The second-order valence-electron chi connectivity index (χ2n) is 4.58. The van der Waals surface area contributed by atoms with E-state index in [0.717, 1.165) is 48.2 Å². The molecular weight excluding hydrogens is 224 g/mol. The SMILES string of the molecule is CCc1cccnc1-c1nc(N)c2c(n1)CCC2. The Kier molecular flexibility index (Phi) is 2.70. The van der Waals surface area contributed by atoms with Gasteiger partial charge in [-0.15, -0.1) is 0 Å². The van der Waals surface area contributed by atoms with Gasteiger partial charge in [0.1, 0.15) is 11.5 Å². The Morgan fingerprint density at radius 2 is 2.17 bits per heavy atom.